The lowest BCUT2D eigenvalue weighted by Gasteiger charge is -2.16. The highest BCUT2D eigenvalue weighted by Gasteiger charge is 2.13. The van der Waals surface area contributed by atoms with Crippen molar-refractivity contribution in [2.75, 3.05) is 13.7 Å². The van der Waals surface area contributed by atoms with Crippen LogP contribution in [0.1, 0.15) is 11.1 Å². The quantitative estimate of drug-likeness (QED) is 0.724. The monoisotopic (exact) mass is 331 g/mol. The van der Waals surface area contributed by atoms with Crippen LogP contribution in [0.25, 0.3) is 0 Å². The highest BCUT2D eigenvalue weighted by Crippen LogP contribution is 2.13. The maximum atomic E-state index is 11.8. The van der Waals surface area contributed by atoms with E-state index in [2.05, 4.69) is 5.32 Å². The van der Waals surface area contributed by atoms with Crippen molar-refractivity contribution in [1.82, 2.24) is 5.32 Å². The minimum atomic E-state index is -0.594. The molecule has 1 amide bonds. The Kier molecular flexibility index (Phi) is 6.45. The Hall–Kier alpha value is -2.73. The number of hydrogen-bond donors (Lipinski definition) is 3. The van der Waals surface area contributed by atoms with E-state index in [1.54, 1.807) is 43.5 Å². The number of benzene rings is 2. The molecule has 0 fully saturated rings. The van der Waals surface area contributed by atoms with Crippen LogP contribution < -0.4 is 10.1 Å². The Morgan fingerprint density at radius 3 is 2.29 bits per heavy atom. The van der Waals surface area contributed by atoms with E-state index in [-0.39, 0.29) is 19.0 Å². The molecule has 0 aliphatic rings. The van der Waals surface area contributed by atoms with Crippen molar-refractivity contribution < 1.29 is 24.5 Å². The summed E-state index contributed by atoms with van der Waals surface area (Å²) in [5.41, 5.74) is 1.73. The third kappa shape index (κ3) is 5.48. The second kappa shape index (κ2) is 8.79. The summed E-state index contributed by atoms with van der Waals surface area (Å²) in [6, 6.07) is 13.3. The molecule has 0 unspecified atom stereocenters. The van der Waals surface area contributed by atoms with E-state index in [4.69, 9.17) is 9.47 Å². The Labute approximate surface area is 140 Å². The van der Waals surface area contributed by atoms with E-state index >= 15 is 0 Å². The maximum absolute atomic E-state index is 11.8. The summed E-state index contributed by atoms with van der Waals surface area (Å²) >= 11 is 0. The molecule has 0 aromatic heterocycles. The van der Waals surface area contributed by atoms with Gasteiger partial charge in [0.15, 0.2) is 0 Å². The Morgan fingerprint density at radius 2 is 1.71 bits per heavy atom. The zero-order valence-corrected chi connectivity index (χ0v) is 13.4. The number of hydrogen-bond acceptors (Lipinski definition) is 5. The number of methoxy groups -OCH3 is 1. The smallest absolute Gasteiger partial charge is 0.407 e. The van der Waals surface area contributed by atoms with Crippen LogP contribution in [0.15, 0.2) is 48.5 Å². The van der Waals surface area contributed by atoms with Crippen molar-refractivity contribution in [1.29, 1.82) is 0 Å². The predicted molar refractivity (Wildman–Crippen MR) is 89.0 cm³/mol. The molecule has 0 radical (unpaired) electrons. The highest BCUT2D eigenvalue weighted by molar-refractivity contribution is 5.67. The van der Waals surface area contributed by atoms with E-state index < -0.39 is 12.1 Å². The van der Waals surface area contributed by atoms with Crippen molar-refractivity contribution in [3.05, 3.63) is 59.7 Å². The molecular formula is C18H21NO5. The number of ether oxygens (including phenoxy) is 2. The molecule has 1 atom stereocenters. The van der Waals surface area contributed by atoms with Gasteiger partial charge in [-0.1, -0.05) is 24.3 Å². The van der Waals surface area contributed by atoms with Gasteiger partial charge in [0.2, 0.25) is 0 Å². The fourth-order valence-corrected chi connectivity index (χ4v) is 2.16. The molecule has 0 saturated carbocycles. The molecule has 2 rings (SSSR count). The maximum Gasteiger partial charge on any atom is 0.407 e. The zero-order valence-electron chi connectivity index (χ0n) is 13.4. The number of carbonyl (C=O) groups is 1. The van der Waals surface area contributed by atoms with Gasteiger partial charge in [-0.15, -0.1) is 0 Å². The van der Waals surface area contributed by atoms with Gasteiger partial charge in [-0.2, -0.15) is 0 Å². The van der Waals surface area contributed by atoms with E-state index in [1.807, 2.05) is 12.1 Å². The lowest BCUT2D eigenvalue weighted by atomic mass is 10.1. The minimum absolute atomic E-state index is 0.132. The molecule has 0 aliphatic heterocycles. The Bertz CT molecular complexity index is 639. The van der Waals surface area contributed by atoms with Crippen LogP contribution in [-0.4, -0.2) is 36.1 Å². The van der Waals surface area contributed by atoms with Gasteiger partial charge < -0.3 is 25.0 Å². The van der Waals surface area contributed by atoms with Gasteiger partial charge in [0, 0.05) is 0 Å². The molecule has 0 heterocycles. The fourth-order valence-electron chi connectivity index (χ4n) is 2.16. The number of phenols is 1. The van der Waals surface area contributed by atoms with E-state index in [0.717, 1.165) is 16.9 Å². The molecule has 0 saturated heterocycles. The van der Waals surface area contributed by atoms with Crippen LogP contribution in [0.4, 0.5) is 4.79 Å². The standard InChI is InChI=1S/C18H21NO5/c1-23-17-8-4-14(5-9-17)12-24-18(22)19-15(11-20)10-13-2-6-16(21)7-3-13/h2-9,15,20-21H,10-12H2,1H3,(H,19,22)/t15-/m0/s1. The molecule has 6 heteroatoms. The molecule has 0 aliphatic carbocycles. The van der Waals surface area contributed by atoms with Gasteiger partial charge in [0.1, 0.15) is 18.1 Å². The number of aromatic hydroxyl groups is 1. The number of phenolic OH excluding ortho intramolecular Hbond substituents is 1. The summed E-state index contributed by atoms with van der Waals surface area (Å²) < 4.78 is 10.2. The SMILES string of the molecule is COc1ccc(COC(=O)N[C@H](CO)Cc2ccc(O)cc2)cc1. The highest BCUT2D eigenvalue weighted by atomic mass is 16.5. The molecule has 6 nitrogen and oxygen atoms in total. The van der Waals surface area contributed by atoms with Gasteiger partial charge in [-0.25, -0.2) is 4.79 Å². The number of carbonyl (C=O) groups excluding carboxylic acids is 1. The molecule has 0 spiro atoms. The first-order valence-electron chi connectivity index (χ1n) is 7.55. The van der Waals surface area contributed by atoms with Crippen molar-refractivity contribution in [3.8, 4) is 11.5 Å². The molecule has 2 aromatic carbocycles. The van der Waals surface area contributed by atoms with Crippen LogP contribution in [0.2, 0.25) is 0 Å². The number of alkyl carbamates (subject to hydrolysis) is 1. The third-order valence-electron chi connectivity index (χ3n) is 3.49. The van der Waals surface area contributed by atoms with Crippen molar-refractivity contribution in [2.24, 2.45) is 0 Å². The first-order chi connectivity index (χ1) is 11.6. The van der Waals surface area contributed by atoms with Gasteiger partial charge in [0.25, 0.3) is 0 Å². The van der Waals surface area contributed by atoms with Crippen LogP contribution in [-0.2, 0) is 17.8 Å². The third-order valence-corrected chi connectivity index (χ3v) is 3.49. The average molecular weight is 331 g/mol. The van der Waals surface area contributed by atoms with E-state index in [1.165, 1.54) is 0 Å². The largest absolute Gasteiger partial charge is 0.508 e. The molecular weight excluding hydrogens is 310 g/mol. The predicted octanol–water partition coefficient (Wildman–Crippen LogP) is 2.23. The minimum Gasteiger partial charge on any atom is -0.508 e. The van der Waals surface area contributed by atoms with Gasteiger partial charge >= 0.3 is 6.09 Å². The summed E-state index contributed by atoms with van der Waals surface area (Å²) in [6.45, 7) is -0.0777. The fraction of sp³-hybridized carbons (Fsp3) is 0.278. The van der Waals surface area contributed by atoms with E-state index in [9.17, 15) is 15.0 Å². The lowest BCUT2D eigenvalue weighted by Crippen LogP contribution is -2.39. The summed E-state index contributed by atoms with van der Waals surface area (Å²) in [7, 11) is 1.59. The van der Waals surface area contributed by atoms with Gasteiger partial charge in [0.05, 0.1) is 19.8 Å². The summed E-state index contributed by atoms with van der Waals surface area (Å²) in [6.07, 6.45) is -0.155. The van der Waals surface area contributed by atoms with Crippen LogP contribution >= 0.6 is 0 Å². The first kappa shape index (κ1) is 17.6. The lowest BCUT2D eigenvalue weighted by molar-refractivity contribution is 0.129. The molecule has 24 heavy (non-hydrogen) atoms. The second-order valence-electron chi connectivity index (χ2n) is 5.32. The number of nitrogens with one attached hydrogen (secondary N) is 1. The number of aliphatic hydroxyl groups is 1. The zero-order chi connectivity index (χ0) is 17.4. The number of aliphatic hydroxyl groups excluding tert-OH is 1. The molecule has 128 valence electrons. The van der Waals surface area contributed by atoms with Crippen molar-refractivity contribution >= 4 is 6.09 Å². The normalized spacial score (nSPS) is 11.6. The van der Waals surface area contributed by atoms with Crippen molar-refractivity contribution in [3.63, 3.8) is 0 Å². The van der Waals surface area contributed by atoms with Crippen LogP contribution in [0.5, 0.6) is 11.5 Å². The molecule has 3 N–H and O–H groups in total. The summed E-state index contributed by atoms with van der Waals surface area (Å²) in [4.78, 5) is 11.8. The topological polar surface area (TPSA) is 88.0 Å². The van der Waals surface area contributed by atoms with Crippen LogP contribution in [0, 0.1) is 0 Å². The average Bonchev–Trinajstić information content (AvgIpc) is 2.61. The first-order valence-corrected chi connectivity index (χ1v) is 7.55. The molecule has 2 aromatic rings. The van der Waals surface area contributed by atoms with E-state index in [0.29, 0.717) is 6.42 Å². The molecule has 0 bridgehead atoms. The van der Waals surface area contributed by atoms with Crippen LogP contribution in [0.3, 0.4) is 0 Å². The Morgan fingerprint density at radius 1 is 1.08 bits per heavy atom. The van der Waals surface area contributed by atoms with Crippen molar-refractivity contribution in [2.45, 2.75) is 19.1 Å². The second-order valence-corrected chi connectivity index (χ2v) is 5.32. The van der Waals surface area contributed by atoms with Gasteiger partial charge in [-0.3, -0.25) is 0 Å². The summed E-state index contributed by atoms with van der Waals surface area (Å²) in [5.74, 6) is 0.906. The van der Waals surface area contributed by atoms with Gasteiger partial charge in [-0.05, 0) is 41.8 Å². The summed E-state index contributed by atoms with van der Waals surface area (Å²) in [5, 5.41) is 21.3. The Balaban J connectivity index is 1.81. The number of amides is 1. The number of rotatable bonds is 7.